The molecule has 3 aromatic rings. The number of carbonyl (C=O) groups is 1. The topological polar surface area (TPSA) is 54.0 Å². The van der Waals surface area contributed by atoms with E-state index in [1.165, 1.54) is 123 Å². The predicted molar refractivity (Wildman–Crippen MR) is 320 cm³/mol. The summed E-state index contributed by atoms with van der Waals surface area (Å²) < 4.78 is 28.3. The standard InChI is InChI=1S/C68H111O5P/c1-20-25-26-27-28-29-30-31-32-33-34-35-36-37-38-39-42-70-59(69)41-40-50-43-55(63(6,7)8)62(56(44-50)64(9,10)11)73-74-71-60-51(46-53(65(12,13)21-2)48-57(60)67(16,17)23-4)45-52-47-54(66(14,15)22-3)49-58(61(52)72-74)68(18,19)24-5/h43-44,46-49H,20-42,45H2,1-19H3. The summed E-state index contributed by atoms with van der Waals surface area (Å²) in [7, 11) is -2.03. The molecule has 0 unspecified atom stereocenters. The predicted octanol–water partition coefficient (Wildman–Crippen LogP) is 21.4. The van der Waals surface area contributed by atoms with Crippen LogP contribution in [0.5, 0.6) is 17.2 Å². The second-order valence-electron chi connectivity index (χ2n) is 27.2. The Morgan fingerprint density at radius 3 is 1.19 bits per heavy atom. The molecule has 0 saturated heterocycles. The van der Waals surface area contributed by atoms with Crippen LogP contribution < -0.4 is 13.6 Å². The van der Waals surface area contributed by atoms with Gasteiger partial charge in [-0.15, -0.1) is 0 Å². The second-order valence-corrected chi connectivity index (χ2v) is 28.2. The SMILES string of the molecule is CCCCCCCCCCCCCCCCCCOC(=O)CCc1cc(C(C)(C)C)c(OP2Oc3c(cc(C(C)(C)CC)cc3C(C)(C)CC)Cc3cc(C(C)(C)CC)cc(C(C)(C)CC)c3O2)c(C(C)(C)C)c1. The quantitative estimate of drug-likeness (QED) is 0.0378. The van der Waals surface area contributed by atoms with Gasteiger partial charge in [-0.3, -0.25) is 4.79 Å². The van der Waals surface area contributed by atoms with E-state index in [-0.39, 0.29) is 38.5 Å². The van der Waals surface area contributed by atoms with Crippen LogP contribution in [0.3, 0.4) is 0 Å². The molecule has 0 fully saturated rings. The third-order valence-corrected chi connectivity index (χ3v) is 18.4. The van der Waals surface area contributed by atoms with Crippen LogP contribution in [0.4, 0.5) is 0 Å². The molecule has 5 nitrogen and oxygen atoms in total. The third-order valence-electron chi connectivity index (χ3n) is 17.4. The van der Waals surface area contributed by atoms with Gasteiger partial charge in [0.2, 0.25) is 0 Å². The maximum absolute atomic E-state index is 13.3. The lowest BCUT2D eigenvalue weighted by atomic mass is 9.73. The van der Waals surface area contributed by atoms with Crippen molar-refractivity contribution < 1.29 is 23.1 Å². The largest absolute Gasteiger partial charge is 0.530 e. The van der Waals surface area contributed by atoms with Crippen molar-refractivity contribution in [3.63, 3.8) is 0 Å². The van der Waals surface area contributed by atoms with Crippen LogP contribution in [0.25, 0.3) is 0 Å². The van der Waals surface area contributed by atoms with Crippen LogP contribution in [0.1, 0.15) is 316 Å². The minimum absolute atomic E-state index is 0.0228. The van der Waals surface area contributed by atoms with Gasteiger partial charge >= 0.3 is 14.6 Å². The Labute approximate surface area is 457 Å². The number of carbonyl (C=O) groups excluding carboxylic acids is 1. The van der Waals surface area contributed by atoms with Crippen LogP contribution in [-0.2, 0) is 54.9 Å². The van der Waals surface area contributed by atoms with Gasteiger partial charge in [0.1, 0.15) is 17.2 Å². The highest BCUT2D eigenvalue weighted by Gasteiger charge is 2.39. The molecule has 0 amide bonds. The van der Waals surface area contributed by atoms with Crippen molar-refractivity contribution in [2.45, 2.75) is 312 Å². The number of fused-ring (bicyclic) bond motifs is 2. The van der Waals surface area contributed by atoms with Gasteiger partial charge in [0, 0.05) is 35.1 Å². The van der Waals surface area contributed by atoms with Gasteiger partial charge < -0.3 is 18.3 Å². The van der Waals surface area contributed by atoms with E-state index in [9.17, 15) is 4.79 Å². The summed E-state index contributed by atoms with van der Waals surface area (Å²) >= 11 is 0. The van der Waals surface area contributed by atoms with Crippen molar-refractivity contribution in [2.24, 2.45) is 0 Å². The Balaban J connectivity index is 1.63. The van der Waals surface area contributed by atoms with E-state index in [4.69, 9.17) is 18.3 Å². The van der Waals surface area contributed by atoms with Gasteiger partial charge in [0.05, 0.1) is 6.61 Å². The van der Waals surface area contributed by atoms with E-state index < -0.39 is 8.60 Å². The minimum atomic E-state index is -2.03. The van der Waals surface area contributed by atoms with Crippen LogP contribution in [-0.4, -0.2) is 12.6 Å². The smallest absolute Gasteiger partial charge is 0.466 e. The molecular formula is C68H111O5P. The minimum Gasteiger partial charge on any atom is -0.466 e. The molecule has 1 aliphatic heterocycles. The van der Waals surface area contributed by atoms with Crippen molar-refractivity contribution in [3.05, 3.63) is 86.5 Å². The molecule has 1 heterocycles. The van der Waals surface area contributed by atoms with Crippen LogP contribution in [0.15, 0.2) is 36.4 Å². The number of ether oxygens (including phenoxy) is 1. The fourth-order valence-electron chi connectivity index (χ4n) is 10.1. The summed E-state index contributed by atoms with van der Waals surface area (Å²) in [5.41, 5.74) is 9.80. The highest BCUT2D eigenvalue weighted by atomic mass is 31.2. The average molecular weight is 1040 g/mol. The van der Waals surface area contributed by atoms with Crippen LogP contribution >= 0.6 is 8.60 Å². The maximum atomic E-state index is 13.3. The van der Waals surface area contributed by atoms with E-state index in [1.807, 2.05) is 0 Å². The van der Waals surface area contributed by atoms with Crippen LogP contribution in [0.2, 0.25) is 0 Å². The van der Waals surface area contributed by atoms with Crippen molar-refractivity contribution in [2.75, 3.05) is 6.61 Å². The zero-order valence-corrected chi connectivity index (χ0v) is 52.3. The van der Waals surface area contributed by atoms with E-state index >= 15 is 0 Å². The summed E-state index contributed by atoms with van der Waals surface area (Å²) in [4.78, 5) is 13.3. The van der Waals surface area contributed by atoms with E-state index in [1.54, 1.807) is 0 Å². The number of esters is 1. The lowest BCUT2D eigenvalue weighted by Crippen LogP contribution is -2.25. The summed E-state index contributed by atoms with van der Waals surface area (Å²) in [5, 5.41) is 0. The Bertz CT molecular complexity index is 2090. The van der Waals surface area contributed by atoms with Crippen molar-refractivity contribution in [3.8, 4) is 17.2 Å². The summed E-state index contributed by atoms with van der Waals surface area (Å²) in [6.07, 6.45) is 26.8. The van der Waals surface area contributed by atoms with Gasteiger partial charge in [-0.25, -0.2) is 0 Å². The van der Waals surface area contributed by atoms with E-state index in [0.29, 0.717) is 25.9 Å². The number of hydrogen-bond acceptors (Lipinski definition) is 5. The highest BCUT2D eigenvalue weighted by molar-refractivity contribution is 7.43. The molecule has 4 rings (SSSR count). The molecule has 0 atom stereocenters. The van der Waals surface area contributed by atoms with Gasteiger partial charge in [-0.2, -0.15) is 0 Å². The number of aryl methyl sites for hydroxylation is 1. The number of unbranched alkanes of at least 4 members (excludes halogenated alkanes) is 15. The molecule has 418 valence electrons. The lowest BCUT2D eigenvalue weighted by Gasteiger charge is -2.37. The maximum Gasteiger partial charge on any atom is 0.530 e. The first kappa shape index (κ1) is 63.5. The Hall–Kier alpha value is -3.04. The average Bonchev–Trinajstić information content (AvgIpc) is 3.33. The summed E-state index contributed by atoms with van der Waals surface area (Å²) in [5.74, 6) is 2.48. The molecule has 0 bridgehead atoms. The molecule has 0 saturated carbocycles. The van der Waals surface area contributed by atoms with Gasteiger partial charge in [-0.1, -0.05) is 264 Å². The number of rotatable bonds is 30. The molecule has 6 heteroatoms. The third kappa shape index (κ3) is 18.0. The van der Waals surface area contributed by atoms with E-state index in [0.717, 1.165) is 72.5 Å². The van der Waals surface area contributed by atoms with Gasteiger partial charge in [0.15, 0.2) is 0 Å². The van der Waals surface area contributed by atoms with Crippen molar-refractivity contribution >= 4 is 14.6 Å². The fraction of sp³-hybridized carbons (Fsp3) is 0.721. The first-order valence-corrected chi connectivity index (χ1v) is 31.3. The zero-order valence-electron chi connectivity index (χ0n) is 51.4. The monoisotopic (exact) mass is 1040 g/mol. The van der Waals surface area contributed by atoms with Gasteiger partial charge in [-0.05, 0) is 98.8 Å². The zero-order chi connectivity index (χ0) is 55.1. The Kier molecular flexibility index (Phi) is 24.0. The lowest BCUT2D eigenvalue weighted by molar-refractivity contribution is -0.143. The molecule has 0 aliphatic carbocycles. The number of hydrogen-bond donors (Lipinski definition) is 0. The molecule has 3 aromatic carbocycles. The summed E-state index contributed by atoms with van der Waals surface area (Å²) in [6.45, 7) is 44.4. The van der Waals surface area contributed by atoms with Crippen molar-refractivity contribution in [1.29, 1.82) is 0 Å². The normalized spacial score (nSPS) is 13.9. The van der Waals surface area contributed by atoms with Gasteiger partial charge in [0.25, 0.3) is 0 Å². The highest BCUT2D eigenvalue weighted by Crippen LogP contribution is 2.56. The Morgan fingerprint density at radius 2 is 0.838 bits per heavy atom. The summed E-state index contributed by atoms with van der Waals surface area (Å²) in [6, 6.07) is 14.2. The molecule has 1 aliphatic rings. The molecule has 0 spiro atoms. The van der Waals surface area contributed by atoms with Crippen molar-refractivity contribution in [1.82, 2.24) is 0 Å². The molecule has 0 N–H and O–H groups in total. The molecule has 0 aromatic heterocycles. The Morgan fingerprint density at radius 1 is 0.473 bits per heavy atom. The van der Waals surface area contributed by atoms with E-state index in [2.05, 4.69) is 168 Å². The molecular weight excluding hydrogens is 928 g/mol. The van der Waals surface area contributed by atoms with Crippen LogP contribution in [0, 0.1) is 0 Å². The second kappa shape index (κ2) is 28.0. The molecule has 0 radical (unpaired) electrons. The first-order chi connectivity index (χ1) is 34.6. The first-order valence-electron chi connectivity index (χ1n) is 30.2. The fourth-order valence-corrected chi connectivity index (χ4v) is 11.3. The number of benzene rings is 3. The molecule has 74 heavy (non-hydrogen) atoms.